The topological polar surface area (TPSA) is 103 Å². The van der Waals surface area contributed by atoms with Gasteiger partial charge in [0.15, 0.2) is 5.43 Å². The van der Waals surface area contributed by atoms with Crippen molar-refractivity contribution in [2.45, 2.75) is 6.04 Å². The second kappa shape index (κ2) is 7.35. The van der Waals surface area contributed by atoms with E-state index < -0.39 is 16.9 Å². The second-order valence-corrected chi connectivity index (χ2v) is 7.30. The summed E-state index contributed by atoms with van der Waals surface area (Å²) in [6.45, 7) is 0. The summed E-state index contributed by atoms with van der Waals surface area (Å²) in [5.41, 5.74) is 0.862. The lowest BCUT2D eigenvalue weighted by Crippen LogP contribution is -2.29. The van der Waals surface area contributed by atoms with Crippen molar-refractivity contribution in [1.29, 1.82) is 0 Å². The predicted octanol–water partition coefficient (Wildman–Crippen LogP) is 4.46. The van der Waals surface area contributed by atoms with Crippen LogP contribution in [0.3, 0.4) is 0 Å². The molecule has 0 spiro atoms. The number of hydrogen-bond donors (Lipinski definition) is 0. The maximum Gasteiger partial charge on any atom is 0.295 e. The monoisotopic (exact) mass is 428 g/mol. The second-order valence-electron chi connectivity index (χ2n) is 7.30. The first kappa shape index (κ1) is 19.5. The van der Waals surface area contributed by atoms with Gasteiger partial charge in [0.1, 0.15) is 11.3 Å². The van der Waals surface area contributed by atoms with Crippen molar-refractivity contribution in [2.24, 2.45) is 0 Å². The fourth-order valence-corrected chi connectivity index (χ4v) is 4.07. The van der Waals surface area contributed by atoms with Gasteiger partial charge in [0.05, 0.1) is 29.0 Å². The molecule has 0 fully saturated rings. The first-order valence-corrected chi connectivity index (χ1v) is 9.77. The zero-order valence-electron chi connectivity index (χ0n) is 16.8. The highest BCUT2D eigenvalue weighted by molar-refractivity contribution is 6.10. The number of methoxy groups -OCH3 is 1. The van der Waals surface area contributed by atoms with Gasteiger partial charge < -0.3 is 9.15 Å². The molecule has 158 valence electrons. The van der Waals surface area contributed by atoms with Crippen LogP contribution >= 0.6 is 0 Å². The standard InChI is InChI=1S/C24H16N2O6/c1-31-17-9-5-7-15(13-17)25-21(14-6-4-8-16(12-14)26(29)30)20-22(27)18-10-2-3-11-19(18)32-23(20)24(25)28/h2-13,21H,1H3. The molecule has 0 aliphatic carbocycles. The summed E-state index contributed by atoms with van der Waals surface area (Å²) in [6, 6.07) is 18.5. The Balaban J connectivity index is 1.81. The number of carbonyl (C=O) groups is 1. The van der Waals surface area contributed by atoms with E-state index >= 15 is 0 Å². The lowest BCUT2D eigenvalue weighted by molar-refractivity contribution is -0.384. The van der Waals surface area contributed by atoms with E-state index in [9.17, 15) is 19.7 Å². The minimum atomic E-state index is -0.898. The summed E-state index contributed by atoms with van der Waals surface area (Å²) in [7, 11) is 1.51. The highest BCUT2D eigenvalue weighted by Gasteiger charge is 2.44. The molecule has 0 saturated carbocycles. The molecule has 0 N–H and O–H groups in total. The number of para-hydroxylation sites is 1. The molecule has 1 aliphatic rings. The molecule has 1 atom stereocenters. The van der Waals surface area contributed by atoms with Crippen molar-refractivity contribution >= 4 is 28.3 Å². The molecular formula is C24H16N2O6. The fourth-order valence-electron chi connectivity index (χ4n) is 4.07. The van der Waals surface area contributed by atoms with Crippen molar-refractivity contribution in [3.05, 3.63) is 110 Å². The van der Waals surface area contributed by atoms with Crippen LogP contribution in [0.15, 0.2) is 82.0 Å². The van der Waals surface area contributed by atoms with Crippen molar-refractivity contribution < 1.29 is 18.9 Å². The molecule has 0 bridgehead atoms. The quantitative estimate of drug-likeness (QED) is 0.351. The van der Waals surface area contributed by atoms with Crippen LogP contribution in [0.2, 0.25) is 0 Å². The SMILES string of the molecule is COc1cccc(N2C(=O)c3oc4ccccc4c(=O)c3C2c2cccc([N+](=O)[O-])c2)c1. The molecule has 32 heavy (non-hydrogen) atoms. The number of ether oxygens (including phenoxy) is 1. The number of carbonyl (C=O) groups excluding carboxylic acids is 1. The molecule has 4 aromatic rings. The highest BCUT2D eigenvalue weighted by atomic mass is 16.6. The summed E-state index contributed by atoms with van der Waals surface area (Å²) in [5.74, 6) is -0.0610. The Hall–Kier alpha value is -4.46. The van der Waals surface area contributed by atoms with E-state index in [-0.39, 0.29) is 22.4 Å². The van der Waals surface area contributed by atoms with E-state index in [4.69, 9.17) is 9.15 Å². The van der Waals surface area contributed by atoms with Gasteiger partial charge in [0.25, 0.3) is 11.6 Å². The molecular weight excluding hydrogens is 412 g/mol. The molecule has 1 unspecified atom stereocenters. The van der Waals surface area contributed by atoms with Gasteiger partial charge in [-0.3, -0.25) is 24.6 Å². The van der Waals surface area contributed by atoms with Crippen molar-refractivity contribution in [1.82, 2.24) is 0 Å². The molecule has 1 aliphatic heterocycles. The van der Waals surface area contributed by atoms with Gasteiger partial charge in [0, 0.05) is 23.9 Å². The fraction of sp³-hybridized carbons (Fsp3) is 0.0833. The highest BCUT2D eigenvalue weighted by Crippen LogP contribution is 2.42. The lowest BCUT2D eigenvalue weighted by atomic mass is 9.98. The molecule has 8 nitrogen and oxygen atoms in total. The third-order valence-corrected chi connectivity index (χ3v) is 5.51. The van der Waals surface area contributed by atoms with Gasteiger partial charge in [-0.15, -0.1) is 0 Å². The van der Waals surface area contributed by atoms with Crippen molar-refractivity contribution in [2.75, 3.05) is 12.0 Å². The lowest BCUT2D eigenvalue weighted by Gasteiger charge is -2.25. The molecule has 5 rings (SSSR count). The smallest absolute Gasteiger partial charge is 0.295 e. The molecule has 0 radical (unpaired) electrons. The number of rotatable bonds is 4. The first-order valence-electron chi connectivity index (χ1n) is 9.77. The molecule has 8 heteroatoms. The third-order valence-electron chi connectivity index (χ3n) is 5.51. The average molecular weight is 428 g/mol. The van der Waals surface area contributed by atoms with Crippen LogP contribution in [-0.2, 0) is 0 Å². The molecule has 0 saturated heterocycles. The molecule has 2 heterocycles. The zero-order valence-corrected chi connectivity index (χ0v) is 16.8. The maximum atomic E-state index is 13.5. The Kier molecular flexibility index (Phi) is 4.48. The number of anilines is 1. The summed E-state index contributed by atoms with van der Waals surface area (Å²) >= 11 is 0. The van der Waals surface area contributed by atoms with Crippen molar-refractivity contribution in [3.63, 3.8) is 0 Å². The first-order chi connectivity index (χ1) is 15.5. The third kappa shape index (κ3) is 2.92. The van der Waals surface area contributed by atoms with Crippen molar-refractivity contribution in [3.8, 4) is 5.75 Å². The van der Waals surface area contributed by atoms with Crippen LogP contribution in [0.25, 0.3) is 11.0 Å². The minimum Gasteiger partial charge on any atom is -0.497 e. The van der Waals surface area contributed by atoms with Gasteiger partial charge in [-0.05, 0) is 29.8 Å². The summed E-state index contributed by atoms with van der Waals surface area (Å²) in [4.78, 5) is 39.3. The number of non-ortho nitro benzene ring substituents is 1. The number of benzene rings is 3. The van der Waals surface area contributed by atoms with E-state index in [1.807, 2.05) is 0 Å². The Morgan fingerprint density at radius 2 is 1.78 bits per heavy atom. The normalized spacial score (nSPS) is 15.1. The Morgan fingerprint density at radius 3 is 2.56 bits per heavy atom. The van der Waals surface area contributed by atoms with Crippen LogP contribution in [0.4, 0.5) is 11.4 Å². The van der Waals surface area contributed by atoms with Crippen LogP contribution in [-0.4, -0.2) is 17.9 Å². The van der Waals surface area contributed by atoms with Gasteiger partial charge in [-0.1, -0.05) is 30.3 Å². The number of amides is 1. The van der Waals surface area contributed by atoms with Crippen LogP contribution in [0, 0.1) is 10.1 Å². The molecule has 1 amide bonds. The molecule has 3 aromatic carbocycles. The van der Waals surface area contributed by atoms with Crippen LogP contribution in [0.5, 0.6) is 5.75 Å². The Bertz CT molecular complexity index is 1460. The minimum absolute atomic E-state index is 0.0759. The van der Waals surface area contributed by atoms with E-state index in [0.717, 1.165) is 0 Å². The van der Waals surface area contributed by atoms with Gasteiger partial charge in [-0.2, -0.15) is 0 Å². The van der Waals surface area contributed by atoms with E-state index in [1.54, 1.807) is 54.6 Å². The molecule has 1 aromatic heterocycles. The predicted molar refractivity (Wildman–Crippen MR) is 117 cm³/mol. The van der Waals surface area contributed by atoms with Crippen LogP contribution < -0.4 is 15.1 Å². The largest absolute Gasteiger partial charge is 0.497 e. The van der Waals surface area contributed by atoms with Gasteiger partial charge in [-0.25, -0.2) is 0 Å². The Morgan fingerprint density at radius 1 is 1.00 bits per heavy atom. The number of nitro benzene ring substituents is 1. The van der Waals surface area contributed by atoms with Gasteiger partial charge in [0.2, 0.25) is 5.76 Å². The van der Waals surface area contributed by atoms with Gasteiger partial charge >= 0.3 is 0 Å². The van der Waals surface area contributed by atoms with E-state index in [0.29, 0.717) is 28.0 Å². The average Bonchev–Trinajstić information content (AvgIpc) is 3.12. The summed E-state index contributed by atoms with van der Waals surface area (Å²) < 4.78 is 11.2. The zero-order chi connectivity index (χ0) is 22.4. The summed E-state index contributed by atoms with van der Waals surface area (Å²) in [5, 5.41) is 11.7. The summed E-state index contributed by atoms with van der Waals surface area (Å²) in [6.07, 6.45) is 0. The van der Waals surface area contributed by atoms with E-state index in [1.165, 1.54) is 30.2 Å². The van der Waals surface area contributed by atoms with Crippen LogP contribution in [0.1, 0.15) is 27.7 Å². The number of hydrogen-bond acceptors (Lipinski definition) is 6. The van der Waals surface area contributed by atoms with E-state index in [2.05, 4.69) is 0 Å². The number of fused-ring (bicyclic) bond motifs is 2. The Labute approximate surface area is 181 Å². The number of nitrogens with zero attached hydrogens (tertiary/aromatic N) is 2. The number of nitro groups is 1. The maximum absolute atomic E-state index is 13.5.